The standard InChI is InChI=1S/C12H14N4/c1-3-11-15-10(8-12(13-2)16-11)9-4-6-14-7-5-9/h4-8H,3H2,1-2H3,(H,13,15,16). The first kappa shape index (κ1) is 10.5. The second kappa shape index (κ2) is 4.70. The number of nitrogens with zero attached hydrogens (tertiary/aromatic N) is 3. The number of hydrogen-bond donors (Lipinski definition) is 1. The quantitative estimate of drug-likeness (QED) is 0.850. The van der Waals surface area contributed by atoms with Gasteiger partial charge >= 0.3 is 0 Å². The minimum atomic E-state index is 0.827. The van der Waals surface area contributed by atoms with Gasteiger partial charge in [-0.1, -0.05) is 6.92 Å². The molecule has 0 bridgehead atoms. The molecule has 0 aliphatic carbocycles. The minimum Gasteiger partial charge on any atom is -0.373 e. The Balaban J connectivity index is 2.48. The van der Waals surface area contributed by atoms with E-state index < -0.39 is 0 Å². The van der Waals surface area contributed by atoms with E-state index in [2.05, 4.69) is 20.3 Å². The Morgan fingerprint density at radius 3 is 2.56 bits per heavy atom. The first-order valence-corrected chi connectivity index (χ1v) is 5.29. The zero-order chi connectivity index (χ0) is 11.4. The van der Waals surface area contributed by atoms with E-state index in [0.717, 1.165) is 29.3 Å². The first-order valence-electron chi connectivity index (χ1n) is 5.29. The fourth-order valence-electron chi connectivity index (χ4n) is 1.45. The van der Waals surface area contributed by atoms with Crippen LogP contribution in [0.1, 0.15) is 12.7 Å². The maximum atomic E-state index is 4.49. The normalized spacial score (nSPS) is 10.1. The topological polar surface area (TPSA) is 50.7 Å². The van der Waals surface area contributed by atoms with E-state index in [9.17, 15) is 0 Å². The van der Waals surface area contributed by atoms with E-state index >= 15 is 0 Å². The third-order valence-electron chi connectivity index (χ3n) is 2.32. The summed E-state index contributed by atoms with van der Waals surface area (Å²) in [6.45, 7) is 2.05. The SMILES string of the molecule is CCc1nc(NC)cc(-c2ccncc2)n1. The zero-order valence-corrected chi connectivity index (χ0v) is 9.44. The second-order valence-electron chi connectivity index (χ2n) is 3.39. The van der Waals surface area contributed by atoms with Crippen LogP contribution in [0.5, 0.6) is 0 Å². The molecule has 2 heterocycles. The van der Waals surface area contributed by atoms with Crippen LogP contribution in [0.25, 0.3) is 11.3 Å². The highest BCUT2D eigenvalue weighted by Crippen LogP contribution is 2.18. The van der Waals surface area contributed by atoms with E-state index in [1.165, 1.54) is 0 Å². The summed E-state index contributed by atoms with van der Waals surface area (Å²) in [5, 5.41) is 3.05. The van der Waals surface area contributed by atoms with Gasteiger partial charge in [-0.25, -0.2) is 9.97 Å². The number of nitrogens with one attached hydrogen (secondary N) is 1. The lowest BCUT2D eigenvalue weighted by Gasteiger charge is -2.06. The summed E-state index contributed by atoms with van der Waals surface area (Å²) in [6.07, 6.45) is 4.36. The van der Waals surface area contributed by atoms with Gasteiger partial charge in [0.1, 0.15) is 11.6 Å². The predicted octanol–water partition coefficient (Wildman–Crippen LogP) is 2.14. The smallest absolute Gasteiger partial charge is 0.131 e. The van der Waals surface area contributed by atoms with E-state index in [1.807, 2.05) is 32.2 Å². The summed E-state index contributed by atoms with van der Waals surface area (Å²) >= 11 is 0. The van der Waals surface area contributed by atoms with Crippen LogP contribution in [-0.4, -0.2) is 22.0 Å². The van der Waals surface area contributed by atoms with Gasteiger partial charge in [0, 0.05) is 37.5 Å². The van der Waals surface area contributed by atoms with Crippen LogP contribution in [0, 0.1) is 0 Å². The van der Waals surface area contributed by atoms with Crippen LogP contribution in [-0.2, 0) is 6.42 Å². The lowest BCUT2D eigenvalue weighted by atomic mass is 10.2. The first-order chi connectivity index (χ1) is 7.83. The molecule has 0 fully saturated rings. The zero-order valence-electron chi connectivity index (χ0n) is 9.44. The molecule has 0 aliphatic heterocycles. The lowest BCUT2D eigenvalue weighted by Crippen LogP contribution is -2.00. The van der Waals surface area contributed by atoms with E-state index in [0.29, 0.717) is 0 Å². The Hall–Kier alpha value is -1.97. The molecule has 2 aromatic rings. The highest BCUT2D eigenvalue weighted by molar-refractivity contribution is 5.61. The van der Waals surface area contributed by atoms with Crippen LogP contribution in [0.4, 0.5) is 5.82 Å². The summed E-state index contributed by atoms with van der Waals surface area (Å²) < 4.78 is 0. The molecule has 0 saturated heterocycles. The largest absolute Gasteiger partial charge is 0.373 e. The van der Waals surface area contributed by atoms with Crippen molar-refractivity contribution in [3.8, 4) is 11.3 Å². The summed E-state index contributed by atoms with van der Waals surface area (Å²) in [4.78, 5) is 12.8. The molecule has 0 saturated carbocycles. The van der Waals surface area contributed by atoms with Gasteiger partial charge in [-0.3, -0.25) is 4.98 Å². The molecule has 0 atom stereocenters. The molecule has 16 heavy (non-hydrogen) atoms. The molecular formula is C12H14N4. The Morgan fingerprint density at radius 1 is 1.19 bits per heavy atom. The van der Waals surface area contributed by atoms with E-state index in [4.69, 9.17) is 0 Å². The van der Waals surface area contributed by atoms with E-state index in [1.54, 1.807) is 12.4 Å². The highest BCUT2D eigenvalue weighted by Gasteiger charge is 2.04. The van der Waals surface area contributed by atoms with Gasteiger partial charge in [-0.15, -0.1) is 0 Å². The summed E-state index contributed by atoms with van der Waals surface area (Å²) in [5.74, 6) is 1.69. The fourth-order valence-corrected chi connectivity index (χ4v) is 1.45. The van der Waals surface area contributed by atoms with Gasteiger partial charge in [-0.2, -0.15) is 0 Å². The number of aromatic nitrogens is 3. The Bertz CT molecular complexity index is 445. The third-order valence-corrected chi connectivity index (χ3v) is 2.32. The van der Waals surface area contributed by atoms with Crippen molar-refractivity contribution in [2.24, 2.45) is 0 Å². The van der Waals surface area contributed by atoms with Crippen LogP contribution < -0.4 is 5.32 Å². The number of aryl methyl sites for hydroxylation is 1. The van der Waals surface area contributed by atoms with Gasteiger partial charge in [0.05, 0.1) is 5.69 Å². The van der Waals surface area contributed by atoms with Gasteiger partial charge in [-0.05, 0) is 12.1 Å². The molecule has 1 N–H and O–H groups in total. The summed E-state index contributed by atoms with van der Waals surface area (Å²) in [5.41, 5.74) is 1.99. The lowest BCUT2D eigenvalue weighted by molar-refractivity contribution is 0.944. The number of rotatable bonds is 3. The monoisotopic (exact) mass is 214 g/mol. The Morgan fingerprint density at radius 2 is 1.94 bits per heavy atom. The molecule has 2 rings (SSSR count). The molecule has 0 amide bonds. The fraction of sp³-hybridized carbons (Fsp3) is 0.250. The number of hydrogen-bond acceptors (Lipinski definition) is 4. The average Bonchev–Trinajstić information content (AvgIpc) is 2.39. The Labute approximate surface area is 94.8 Å². The molecule has 0 unspecified atom stereocenters. The number of anilines is 1. The van der Waals surface area contributed by atoms with Crippen molar-refractivity contribution < 1.29 is 0 Å². The van der Waals surface area contributed by atoms with Crippen LogP contribution in [0.15, 0.2) is 30.6 Å². The number of pyridine rings is 1. The van der Waals surface area contributed by atoms with Crippen molar-refractivity contribution >= 4 is 5.82 Å². The average molecular weight is 214 g/mol. The minimum absolute atomic E-state index is 0.827. The molecule has 2 aromatic heterocycles. The second-order valence-corrected chi connectivity index (χ2v) is 3.39. The third kappa shape index (κ3) is 2.16. The van der Waals surface area contributed by atoms with E-state index in [-0.39, 0.29) is 0 Å². The summed E-state index contributed by atoms with van der Waals surface area (Å²) in [7, 11) is 1.86. The van der Waals surface area contributed by atoms with Gasteiger partial charge in [0.2, 0.25) is 0 Å². The summed E-state index contributed by atoms with van der Waals surface area (Å²) in [6, 6.07) is 5.83. The van der Waals surface area contributed by atoms with Gasteiger partial charge < -0.3 is 5.32 Å². The van der Waals surface area contributed by atoms with Crippen molar-refractivity contribution in [3.05, 3.63) is 36.4 Å². The molecule has 0 aliphatic rings. The Kier molecular flexibility index (Phi) is 3.10. The molecule has 4 heteroatoms. The van der Waals surface area contributed by atoms with Crippen LogP contribution >= 0.6 is 0 Å². The van der Waals surface area contributed by atoms with Crippen molar-refractivity contribution in [1.82, 2.24) is 15.0 Å². The molecule has 0 aromatic carbocycles. The molecule has 4 nitrogen and oxygen atoms in total. The van der Waals surface area contributed by atoms with Gasteiger partial charge in [0.15, 0.2) is 0 Å². The molecule has 0 radical (unpaired) electrons. The van der Waals surface area contributed by atoms with Crippen LogP contribution in [0.3, 0.4) is 0 Å². The maximum absolute atomic E-state index is 4.49. The highest BCUT2D eigenvalue weighted by atomic mass is 15.0. The van der Waals surface area contributed by atoms with Crippen molar-refractivity contribution in [2.75, 3.05) is 12.4 Å². The van der Waals surface area contributed by atoms with Gasteiger partial charge in [0.25, 0.3) is 0 Å². The predicted molar refractivity (Wildman–Crippen MR) is 64.2 cm³/mol. The van der Waals surface area contributed by atoms with Crippen LogP contribution in [0.2, 0.25) is 0 Å². The molecule has 0 spiro atoms. The molecular weight excluding hydrogens is 200 g/mol. The van der Waals surface area contributed by atoms with Crippen molar-refractivity contribution in [2.45, 2.75) is 13.3 Å². The van der Waals surface area contributed by atoms with Crippen molar-refractivity contribution in [1.29, 1.82) is 0 Å². The molecule has 82 valence electrons. The maximum Gasteiger partial charge on any atom is 0.131 e. The van der Waals surface area contributed by atoms with Crippen molar-refractivity contribution in [3.63, 3.8) is 0 Å².